The topological polar surface area (TPSA) is 56.4 Å². The zero-order chi connectivity index (χ0) is 17.1. The highest BCUT2D eigenvalue weighted by Crippen LogP contribution is 2.22. The van der Waals surface area contributed by atoms with Gasteiger partial charge in [-0.2, -0.15) is 0 Å². The molecule has 2 amide bonds. The molecule has 1 aromatic heterocycles. The number of halogens is 2. The first-order valence-electron chi connectivity index (χ1n) is 7.69. The minimum absolute atomic E-state index is 0.0640. The van der Waals surface area contributed by atoms with Gasteiger partial charge in [-0.15, -0.1) is 0 Å². The molecular weight excluding hydrogens is 349 g/mol. The van der Waals surface area contributed by atoms with Crippen LogP contribution in [0.15, 0.2) is 36.5 Å². The van der Waals surface area contributed by atoms with Crippen molar-refractivity contribution in [1.82, 2.24) is 14.8 Å². The second-order valence-corrected chi connectivity index (χ2v) is 6.51. The minimum Gasteiger partial charge on any atom is -0.365 e. The fraction of sp³-hybridized carbons (Fsp3) is 0.294. The van der Waals surface area contributed by atoms with Crippen molar-refractivity contribution >= 4 is 35.0 Å². The van der Waals surface area contributed by atoms with Crippen LogP contribution in [0.5, 0.6) is 0 Å². The van der Waals surface area contributed by atoms with Crippen LogP contribution in [0.4, 0.5) is 0 Å². The lowest BCUT2D eigenvalue weighted by atomic mass is 10.1. The molecule has 24 heavy (non-hydrogen) atoms. The van der Waals surface area contributed by atoms with Gasteiger partial charge in [0.2, 0.25) is 5.91 Å². The summed E-state index contributed by atoms with van der Waals surface area (Å²) >= 11 is 12.0. The number of piperazine rings is 1. The lowest BCUT2D eigenvalue weighted by Gasteiger charge is -2.35. The fourth-order valence-electron chi connectivity index (χ4n) is 2.74. The molecule has 2 heterocycles. The molecule has 1 saturated heterocycles. The third-order valence-corrected chi connectivity index (χ3v) is 4.63. The van der Waals surface area contributed by atoms with Crippen LogP contribution in [0.2, 0.25) is 10.0 Å². The van der Waals surface area contributed by atoms with E-state index in [0.29, 0.717) is 48.2 Å². The lowest BCUT2D eigenvalue weighted by molar-refractivity contribution is -0.132. The van der Waals surface area contributed by atoms with Gasteiger partial charge in [-0.1, -0.05) is 23.2 Å². The van der Waals surface area contributed by atoms with Gasteiger partial charge < -0.3 is 14.8 Å². The number of H-pyrrole nitrogens is 1. The highest BCUT2D eigenvalue weighted by molar-refractivity contribution is 6.36. The third kappa shape index (κ3) is 3.74. The first kappa shape index (κ1) is 16.9. The number of hydrogen-bond donors (Lipinski definition) is 1. The minimum atomic E-state index is -0.131. The van der Waals surface area contributed by atoms with Crippen LogP contribution in [-0.2, 0) is 11.2 Å². The van der Waals surface area contributed by atoms with Crippen LogP contribution in [0.25, 0.3) is 0 Å². The van der Waals surface area contributed by atoms with E-state index in [0.717, 1.165) is 5.69 Å². The number of rotatable bonds is 3. The summed E-state index contributed by atoms with van der Waals surface area (Å²) < 4.78 is 0. The van der Waals surface area contributed by atoms with Crippen molar-refractivity contribution in [2.24, 2.45) is 0 Å². The van der Waals surface area contributed by atoms with Gasteiger partial charge in [0.25, 0.3) is 5.91 Å². The average Bonchev–Trinajstić information content (AvgIpc) is 3.07. The summed E-state index contributed by atoms with van der Waals surface area (Å²) in [7, 11) is 0. The molecule has 5 nitrogen and oxygen atoms in total. The smallest absolute Gasteiger partial charge is 0.255 e. The Bertz CT molecular complexity index is 738. The number of nitrogens with one attached hydrogen (secondary N) is 1. The van der Waals surface area contributed by atoms with Crippen molar-refractivity contribution < 1.29 is 9.59 Å². The summed E-state index contributed by atoms with van der Waals surface area (Å²) in [5.74, 6) is -0.0674. The van der Waals surface area contributed by atoms with E-state index >= 15 is 0 Å². The zero-order valence-electron chi connectivity index (χ0n) is 13.0. The van der Waals surface area contributed by atoms with Crippen molar-refractivity contribution in [3.63, 3.8) is 0 Å². The molecule has 0 radical (unpaired) electrons. The van der Waals surface area contributed by atoms with Gasteiger partial charge in [0.1, 0.15) is 0 Å². The number of aromatic amines is 1. The van der Waals surface area contributed by atoms with Crippen molar-refractivity contribution in [3.05, 3.63) is 57.8 Å². The summed E-state index contributed by atoms with van der Waals surface area (Å²) in [4.78, 5) is 31.4. The first-order valence-corrected chi connectivity index (χ1v) is 8.44. The van der Waals surface area contributed by atoms with Gasteiger partial charge in [-0.3, -0.25) is 9.59 Å². The van der Waals surface area contributed by atoms with E-state index in [9.17, 15) is 9.59 Å². The molecule has 1 aliphatic heterocycles. The Morgan fingerprint density at radius 1 is 1.04 bits per heavy atom. The maximum atomic E-state index is 12.6. The second-order valence-electron chi connectivity index (χ2n) is 5.67. The number of carbonyl (C=O) groups is 2. The molecule has 2 aromatic rings. The lowest BCUT2D eigenvalue weighted by Crippen LogP contribution is -2.51. The second kappa shape index (κ2) is 7.28. The van der Waals surface area contributed by atoms with Crippen LogP contribution >= 0.6 is 23.2 Å². The Labute approximate surface area is 150 Å². The van der Waals surface area contributed by atoms with Gasteiger partial charge in [0.15, 0.2) is 0 Å². The number of hydrogen-bond acceptors (Lipinski definition) is 2. The molecule has 1 aromatic carbocycles. The van der Waals surface area contributed by atoms with E-state index < -0.39 is 0 Å². The normalized spacial score (nSPS) is 14.8. The molecule has 0 spiro atoms. The molecule has 1 fully saturated rings. The Balaban J connectivity index is 1.58. The number of aromatic nitrogens is 1. The maximum absolute atomic E-state index is 12.6. The van der Waals surface area contributed by atoms with Crippen molar-refractivity contribution in [2.45, 2.75) is 6.42 Å². The predicted molar refractivity (Wildman–Crippen MR) is 93.4 cm³/mol. The number of nitrogens with zero attached hydrogens (tertiary/aromatic N) is 2. The molecule has 1 N–H and O–H groups in total. The van der Waals surface area contributed by atoms with Gasteiger partial charge >= 0.3 is 0 Å². The molecule has 0 atom stereocenters. The Hall–Kier alpha value is -1.98. The van der Waals surface area contributed by atoms with E-state index in [4.69, 9.17) is 23.2 Å². The molecule has 126 valence electrons. The monoisotopic (exact) mass is 365 g/mol. The van der Waals surface area contributed by atoms with E-state index in [1.807, 2.05) is 12.1 Å². The quantitative estimate of drug-likeness (QED) is 0.908. The molecule has 1 aliphatic rings. The van der Waals surface area contributed by atoms with Crippen LogP contribution < -0.4 is 0 Å². The highest BCUT2D eigenvalue weighted by Gasteiger charge is 2.26. The predicted octanol–water partition coefficient (Wildman–Crippen LogP) is 2.85. The van der Waals surface area contributed by atoms with Crippen molar-refractivity contribution in [1.29, 1.82) is 0 Å². The SMILES string of the molecule is O=C(Cc1ccc[nH]1)N1CCN(C(=O)c2ccc(Cl)cc2Cl)CC1. The Kier molecular flexibility index (Phi) is 5.11. The largest absolute Gasteiger partial charge is 0.365 e. The van der Waals surface area contributed by atoms with Gasteiger partial charge in [-0.05, 0) is 30.3 Å². The third-order valence-electron chi connectivity index (χ3n) is 4.09. The maximum Gasteiger partial charge on any atom is 0.255 e. The highest BCUT2D eigenvalue weighted by atomic mass is 35.5. The molecule has 0 saturated carbocycles. The van der Waals surface area contributed by atoms with E-state index in [2.05, 4.69) is 4.98 Å². The fourth-order valence-corrected chi connectivity index (χ4v) is 3.23. The molecule has 0 aliphatic carbocycles. The van der Waals surface area contributed by atoms with E-state index in [1.54, 1.807) is 34.2 Å². The molecule has 3 rings (SSSR count). The molecule has 7 heteroatoms. The molecule has 0 bridgehead atoms. The zero-order valence-corrected chi connectivity index (χ0v) is 14.5. The Morgan fingerprint density at radius 3 is 2.38 bits per heavy atom. The number of benzene rings is 1. The van der Waals surface area contributed by atoms with Crippen molar-refractivity contribution in [3.8, 4) is 0 Å². The summed E-state index contributed by atoms with van der Waals surface area (Å²) in [6.45, 7) is 2.04. The van der Waals surface area contributed by atoms with Crippen LogP contribution in [-0.4, -0.2) is 52.8 Å². The van der Waals surface area contributed by atoms with Gasteiger partial charge in [0, 0.05) is 43.1 Å². The van der Waals surface area contributed by atoms with Crippen LogP contribution in [0.1, 0.15) is 16.1 Å². The van der Waals surface area contributed by atoms with Crippen LogP contribution in [0.3, 0.4) is 0 Å². The van der Waals surface area contributed by atoms with Crippen LogP contribution in [0, 0.1) is 0 Å². The number of amides is 2. The average molecular weight is 366 g/mol. The van der Waals surface area contributed by atoms with Gasteiger partial charge in [-0.25, -0.2) is 0 Å². The number of carbonyl (C=O) groups excluding carboxylic acids is 2. The van der Waals surface area contributed by atoms with Gasteiger partial charge in [0.05, 0.1) is 17.0 Å². The Morgan fingerprint density at radius 2 is 1.75 bits per heavy atom. The molecule has 0 unspecified atom stereocenters. The summed E-state index contributed by atoms with van der Waals surface area (Å²) in [6, 6.07) is 8.61. The first-order chi connectivity index (χ1) is 11.5. The standard InChI is InChI=1S/C17H17Cl2N3O2/c18-12-3-4-14(15(19)10-12)17(24)22-8-6-21(7-9-22)16(23)11-13-2-1-5-20-13/h1-5,10,20H,6-9,11H2. The van der Waals surface area contributed by atoms with E-state index in [-0.39, 0.29) is 11.8 Å². The summed E-state index contributed by atoms with van der Waals surface area (Å²) in [5.41, 5.74) is 1.33. The summed E-state index contributed by atoms with van der Waals surface area (Å²) in [6.07, 6.45) is 2.15. The molecular formula is C17H17Cl2N3O2. The summed E-state index contributed by atoms with van der Waals surface area (Å²) in [5, 5.41) is 0.842. The van der Waals surface area contributed by atoms with Crippen molar-refractivity contribution in [2.75, 3.05) is 26.2 Å². The van der Waals surface area contributed by atoms with E-state index in [1.165, 1.54) is 0 Å².